The molecule has 0 amide bonds. The smallest absolute Gasteiger partial charge is 0.269 e. The molecule has 4 rings (SSSR count). The largest absolute Gasteiger partial charge is 0.350 e. The topological polar surface area (TPSA) is 51.3 Å². The molecule has 0 radical (unpaired) electrons. The van der Waals surface area contributed by atoms with Gasteiger partial charge in [0.25, 0.3) is 5.69 Å². The highest BCUT2D eigenvalue weighted by Crippen LogP contribution is 2.33. The molecule has 26 heavy (non-hydrogen) atoms. The highest BCUT2D eigenvalue weighted by molar-refractivity contribution is 5.34. The average molecular weight is 347 g/mol. The van der Waals surface area contributed by atoms with Crippen LogP contribution in [-0.2, 0) is 13.1 Å². The van der Waals surface area contributed by atoms with E-state index in [9.17, 15) is 10.1 Å². The first-order valence-electron chi connectivity index (χ1n) is 8.90. The molecule has 1 atom stereocenters. The Bertz CT molecular complexity index is 887. The van der Waals surface area contributed by atoms with E-state index in [1.165, 1.54) is 11.3 Å². The van der Waals surface area contributed by atoms with Crippen molar-refractivity contribution in [2.75, 3.05) is 6.54 Å². The minimum absolute atomic E-state index is 0.137. The Morgan fingerprint density at radius 3 is 2.46 bits per heavy atom. The molecule has 132 valence electrons. The van der Waals surface area contributed by atoms with Crippen LogP contribution < -0.4 is 0 Å². The predicted octanol–water partition coefficient (Wildman–Crippen LogP) is 4.39. The van der Waals surface area contributed by atoms with Crippen LogP contribution in [0.2, 0.25) is 0 Å². The first-order chi connectivity index (χ1) is 12.7. The molecule has 0 unspecified atom stereocenters. The monoisotopic (exact) mass is 347 g/mol. The zero-order valence-electron chi connectivity index (χ0n) is 14.5. The molecule has 1 aromatic heterocycles. The molecule has 5 nitrogen and oxygen atoms in total. The molecule has 3 aromatic rings. The Kier molecular flexibility index (Phi) is 4.54. The minimum atomic E-state index is -0.352. The van der Waals surface area contributed by atoms with Crippen molar-refractivity contribution in [1.29, 1.82) is 0 Å². The van der Waals surface area contributed by atoms with E-state index in [0.29, 0.717) is 0 Å². The van der Waals surface area contributed by atoms with E-state index in [-0.39, 0.29) is 16.7 Å². The number of nitrogens with zero attached hydrogens (tertiary/aromatic N) is 3. The molecule has 1 aliphatic heterocycles. The van der Waals surface area contributed by atoms with Crippen LogP contribution >= 0.6 is 0 Å². The predicted molar refractivity (Wildman–Crippen MR) is 101 cm³/mol. The first kappa shape index (κ1) is 16.5. The lowest BCUT2D eigenvalue weighted by atomic mass is 10.0. The Morgan fingerprint density at radius 1 is 0.962 bits per heavy atom. The summed E-state index contributed by atoms with van der Waals surface area (Å²) in [6.07, 6.45) is 3.23. The van der Waals surface area contributed by atoms with Gasteiger partial charge in [-0.3, -0.25) is 15.0 Å². The summed E-state index contributed by atoms with van der Waals surface area (Å²) in [4.78, 5) is 13.0. The van der Waals surface area contributed by atoms with Gasteiger partial charge in [-0.25, -0.2) is 0 Å². The third-order valence-electron chi connectivity index (χ3n) is 5.00. The van der Waals surface area contributed by atoms with E-state index >= 15 is 0 Å². The van der Waals surface area contributed by atoms with Crippen molar-refractivity contribution in [2.24, 2.45) is 0 Å². The van der Waals surface area contributed by atoms with Gasteiger partial charge in [0.05, 0.1) is 11.0 Å². The van der Waals surface area contributed by atoms with Gasteiger partial charge in [-0.05, 0) is 29.7 Å². The van der Waals surface area contributed by atoms with Gasteiger partial charge in [0.2, 0.25) is 0 Å². The summed E-state index contributed by atoms with van der Waals surface area (Å²) in [5.41, 5.74) is 3.81. The number of hydrogen-bond acceptors (Lipinski definition) is 3. The van der Waals surface area contributed by atoms with Gasteiger partial charge in [-0.1, -0.05) is 42.5 Å². The molecule has 2 aromatic carbocycles. The molecular weight excluding hydrogens is 326 g/mol. The zero-order chi connectivity index (χ0) is 17.9. The Hall–Kier alpha value is -2.92. The SMILES string of the molecule is O=[N+]([O-])c1ccc(CN2CCCn3cccc3[C@H]2c2ccccc2)cc1. The van der Waals surface area contributed by atoms with Crippen molar-refractivity contribution >= 4 is 5.69 Å². The number of non-ortho nitro benzene ring substituents is 1. The second kappa shape index (κ2) is 7.14. The van der Waals surface area contributed by atoms with Gasteiger partial charge in [0, 0.05) is 43.7 Å². The zero-order valence-corrected chi connectivity index (χ0v) is 14.5. The van der Waals surface area contributed by atoms with Crippen molar-refractivity contribution in [3.8, 4) is 0 Å². The van der Waals surface area contributed by atoms with Crippen molar-refractivity contribution in [1.82, 2.24) is 9.47 Å². The van der Waals surface area contributed by atoms with Crippen LogP contribution in [0.4, 0.5) is 5.69 Å². The average Bonchev–Trinajstić information content (AvgIpc) is 3.04. The number of hydrogen-bond donors (Lipinski definition) is 0. The van der Waals surface area contributed by atoms with Gasteiger partial charge in [0.1, 0.15) is 0 Å². The molecule has 0 bridgehead atoms. The first-order valence-corrected chi connectivity index (χ1v) is 8.90. The van der Waals surface area contributed by atoms with Gasteiger partial charge in [-0.15, -0.1) is 0 Å². The highest BCUT2D eigenvalue weighted by Gasteiger charge is 2.27. The van der Waals surface area contributed by atoms with Gasteiger partial charge >= 0.3 is 0 Å². The van der Waals surface area contributed by atoms with Crippen LogP contribution in [0, 0.1) is 10.1 Å². The highest BCUT2D eigenvalue weighted by atomic mass is 16.6. The van der Waals surface area contributed by atoms with E-state index in [4.69, 9.17) is 0 Å². The summed E-state index contributed by atoms with van der Waals surface area (Å²) in [6.45, 7) is 2.77. The number of fused-ring (bicyclic) bond motifs is 1. The fourth-order valence-electron chi connectivity index (χ4n) is 3.78. The maximum absolute atomic E-state index is 10.9. The number of benzene rings is 2. The third kappa shape index (κ3) is 3.26. The van der Waals surface area contributed by atoms with Crippen LogP contribution in [0.1, 0.15) is 29.3 Å². The quantitative estimate of drug-likeness (QED) is 0.519. The molecule has 0 aliphatic carbocycles. The Morgan fingerprint density at radius 2 is 1.73 bits per heavy atom. The van der Waals surface area contributed by atoms with E-state index in [0.717, 1.165) is 31.6 Å². The molecule has 0 fully saturated rings. The summed E-state index contributed by atoms with van der Waals surface area (Å²) in [5.74, 6) is 0. The van der Waals surface area contributed by atoms with Gasteiger partial charge < -0.3 is 4.57 Å². The second-order valence-electron chi connectivity index (χ2n) is 6.69. The maximum atomic E-state index is 10.9. The Labute approximate surface area is 152 Å². The van der Waals surface area contributed by atoms with Gasteiger partial charge in [0.15, 0.2) is 0 Å². The summed E-state index contributed by atoms with van der Waals surface area (Å²) < 4.78 is 2.34. The second-order valence-corrected chi connectivity index (χ2v) is 6.69. The van der Waals surface area contributed by atoms with Crippen LogP contribution in [0.25, 0.3) is 0 Å². The molecular formula is C21H21N3O2. The van der Waals surface area contributed by atoms with Gasteiger partial charge in [-0.2, -0.15) is 0 Å². The molecule has 2 heterocycles. The summed E-state index contributed by atoms with van der Waals surface area (Å²) in [7, 11) is 0. The molecule has 5 heteroatoms. The lowest BCUT2D eigenvalue weighted by Crippen LogP contribution is -2.29. The third-order valence-corrected chi connectivity index (χ3v) is 5.00. The molecule has 1 aliphatic rings. The van der Waals surface area contributed by atoms with E-state index in [2.05, 4.69) is 52.1 Å². The maximum Gasteiger partial charge on any atom is 0.269 e. The fraction of sp³-hybridized carbons (Fsp3) is 0.238. The van der Waals surface area contributed by atoms with Crippen molar-refractivity contribution in [2.45, 2.75) is 25.6 Å². The fourth-order valence-corrected chi connectivity index (χ4v) is 3.78. The summed E-state index contributed by atoms with van der Waals surface area (Å²) in [5, 5.41) is 10.9. The number of aryl methyl sites for hydroxylation is 1. The summed E-state index contributed by atoms with van der Waals surface area (Å²) >= 11 is 0. The Balaban J connectivity index is 1.67. The number of nitro groups is 1. The lowest BCUT2D eigenvalue weighted by Gasteiger charge is -2.30. The standard InChI is InChI=1S/C21H21N3O2/c25-24(26)19-11-9-17(10-12-19)16-23-15-5-14-22-13-4-8-20(22)21(23)18-6-2-1-3-7-18/h1-4,6-13,21H,5,14-16H2/t21-/m1/s1. The molecule has 0 saturated carbocycles. The van der Waals surface area contributed by atoms with Crippen LogP contribution in [0.15, 0.2) is 72.9 Å². The normalized spacial score (nSPS) is 17.5. The van der Waals surface area contributed by atoms with Crippen molar-refractivity contribution in [3.63, 3.8) is 0 Å². The number of nitro benzene ring substituents is 1. The number of rotatable bonds is 4. The number of aromatic nitrogens is 1. The minimum Gasteiger partial charge on any atom is -0.350 e. The van der Waals surface area contributed by atoms with Crippen molar-refractivity contribution < 1.29 is 4.92 Å². The molecule has 0 N–H and O–H groups in total. The van der Waals surface area contributed by atoms with Crippen LogP contribution in [-0.4, -0.2) is 20.9 Å². The summed E-state index contributed by atoms with van der Waals surface area (Å²) in [6, 6.07) is 22.0. The van der Waals surface area contributed by atoms with E-state index < -0.39 is 0 Å². The molecule has 0 spiro atoms. The van der Waals surface area contributed by atoms with E-state index in [1.54, 1.807) is 12.1 Å². The van der Waals surface area contributed by atoms with E-state index in [1.807, 2.05) is 18.2 Å². The lowest BCUT2D eigenvalue weighted by molar-refractivity contribution is -0.384. The van der Waals surface area contributed by atoms with Crippen LogP contribution in [0.5, 0.6) is 0 Å². The van der Waals surface area contributed by atoms with Crippen molar-refractivity contribution in [3.05, 3.63) is 99.9 Å². The molecule has 0 saturated heterocycles. The van der Waals surface area contributed by atoms with Crippen LogP contribution in [0.3, 0.4) is 0 Å².